The predicted octanol–water partition coefficient (Wildman–Crippen LogP) is 5.08. The summed E-state index contributed by atoms with van der Waals surface area (Å²) >= 11 is 6.21. The van der Waals surface area contributed by atoms with Crippen LogP contribution in [0, 0.1) is 6.92 Å². The Morgan fingerprint density at radius 3 is 2.43 bits per heavy atom. The number of nitrogens with zero attached hydrogens (tertiary/aromatic N) is 3. The fraction of sp³-hybridized carbons (Fsp3) is 0.407. The molecule has 9 nitrogen and oxygen atoms in total. The van der Waals surface area contributed by atoms with Crippen LogP contribution in [0.3, 0.4) is 0 Å². The first kappa shape index (κ1) is 25.4. The Bertz CT molecular complexity index is 1340. The highest BCUT2D eigenvalue weighted by Gasteiger charge is 2.27. The molecule has 1 aliphatic rings. The number of ether oxygens (including phenoxy) is 3. The summed E-state index contributed by atoms with van der Waals surface area (Å²) in [7, 11) is 3.30. The van der Waals surface area contributed by atoms with E-state index in [1.165, 1.54) is 0 Å². The van der Waals surface area contributed by atoms with Crippen LogP contribution in [0.4, 0.5) is 0 Å². The maximum absolute atomic E-state index is 10.7. The largest absolute Gasteiger partial charge is 0.496 e. The van der Waals surface area contributed by atoms with Crippen molar-refractivity contribution in [2.24, 2.45) is 0 Å². The van der Waals surface area contributed by atoms with Gasteiger partial charge in [0.15, 0.2) is 5.76 Å². The Balaban J connectivity index is 1.18. The molecule has 1 atom stereocenters. The van der Waals surface area contributed by atoms with Gasteiger partial charge in [-0.05, 0) is 56.1 Å². The third-order valence-electron chi connectivity index (χ3n) is 6.66. The lowest BCUT2D eigenvalue weighted by molar-refractivity contribution is 0.0597. The van der Waals surface area contributed by atoms with Crippen molar-refractivity contribution < 1.29 is 28.2 Å². The maximum Gasteiger partial charge on any atom is 0.283 e. The monoisotopic (exact) mass is 527 g/mol. The van der Waals surface area contributed by atoms with Crippen LogP contribution in [-0.2, 0) is 0 Å². The molecule has 2 aromatic heterocycles. The third-order valence-corrected chi connectivity index (χ3v) is 6.88. The smallest absolute Gasteiger partial charge is 0.283 e. The molecule has 0 saturated carbocycles. The number of aliphatic hydroxyl groups excluding tert-OH is 1. The Hall–Kier alpha value is -3.27. The second-order valence-electron chi connectivity index (χ2n) is 9.17. The number of rotatable bonds is 9. The highest BCUT2D eigenvalue weighted by atomic mass is 35.5. The van der Waals surface area contributed by atoms with Gasteiger partial charge in [-0.3, -0.25) is 0 Å². The van der Waals surface area contributed by atoms with E-state index in [-0.39, 0.29) is 6.61 Å². The predicted molar refractivity (Wildman–Crippen MR) is 139 cm³/mol. The Labute approximate surface area is 219 Å². The van der Waals surface area contributed by atoms with Gasteiger partial charge >= 0.3 is 0 Å². The number of aliphatic hydroxyl groups is 1. The molecule has 1 saturated heterocycles. The van der Waals surface area contributed by atoms with Crippen LogP contribution in [0.25, 0.3) is 22.6 Å². The van der Waals surface area contributed by atoms with E-state index in [0.717, 1.165) is 48.4 Å². The molecule has 3 heterocycles. The number of piperidine rings is 1. The van der Waals surface area contributed by atoms with Crippen LogP contribution in [0.2, 0.25) is 5.02 Å². The molecule has 4 aromatic rings. The quantitative estimate of drug-likeness (QED) is 0.319. The Morgan fingerprint density at radius 1 is 1.05 bits per heavy atom. The van der Waals surface area contributed by atoms with Gasteiger partial charge in [0.05, 0.1) is 19.6 Å². The average Bonchev–Trinajstić information content (AvgIpc) is 3.54. The molecule has 196 valence electrons. The first-order valence-electron chi connectivity index (χ1n) is 12.2. The number of fused-ring (bicyclic) bond motifs is 1. The third kappa shape index (κ3) is 5.53. The van der Waals surface area contributed by atoms with E-state index in [0.29, 0.717) is 46.4 Å². The summed E-state index contributed by atoms with van der Waals surface area (Å²) in [6, 6.07) is 11.0. The molecule has 1 aliphatic heterocycles. The van der Waals surface area contributed by atoms with Crippen LogP contribution in [-0.4, -0.2) is 66.8 Å². The van der Waals surface area contributed by atoms with Gasteiger partial charge in [0.25, 0.3) is 5.89 Å². The zero-order valence-corrected chi connectivity index (χ0v) is 21.8. The van der Waals surface area contributed by atoms with Crippen molar-refractivity contribution in [1.29, 1.82) is 0 Å². The summed E-state index contributed by atoms with van der Waals surface area (Å²) in [5.41, 5.74) is 1.70. The molecule has 5 rings (SSSR count). The molecule has 0 aliphatic carbocycles. The van der Waals surface area contributed by atoms with Crippen molar-refractivity contribution in [2.45, 2.75) is 31.8 Å². The zero-order chi connectivity index (χ0) is 25.9. The van der Waals surface area contributed by atoms with Crippen LogP contribution in [0.15, 0.2) is 45.2 Å². The minimum atomic E-state index is -0.642. The molecule has 1 N–H and O–H groups in total. The molecule has 0 radical (unpaired) electrons. The molecule has 10 heteroatoms. The summed E-state index contributed by atoms with van der Waals surface area (Å²) in [5, 5.41) is 20.0. The van der Waals surface area contributed by atoms with Gasteiger partial charge in [-0.25, -0.2) is 0 Å². The Kier molecular flexibility index (Phi) is 7.55. The van der Waals surface area contributed by atoms with Crippen LogP contribution in [0.1, 0.15) is 30.2 Å². The highest BCUT2D eigenvalue weighted by Crippen LogP contribution is 2.42. The summed E-state index contributed by atoms with van der Waals surface area (Å²) in [5.74, 6) is 3.68. The normalized spacial score (nSPS) is 15.7. The van der Waals surface area contributed by atoms with Gasteiger partial charge < -0.3 is 33.1 Å². The number of benzene rings is 2. The van der Waals surface area contributed by atoms with Crippen molar-refractivity contribution in [1.82, 2.24) is 15.1 Å². The number of hydrogen-bond donors (Lipinski definition) is 1. The molecule has 0 unspecified atom stereocenters. The van der Waals surface area contributed by atoms with Gasteiger partial charge in [-0.15, -0.1) is 10.2 Å². The second-order valence-corrected chi connectivity index (χ2v) is 9.60. The standard InChI is InChI=1S/C27H30ClN3O6/c1-16-29-30-27(36-16)25-13-20-21(5-4-6-22(20)37-25)35-15-19(32)14-31-9-7-17(8-10-31)26-23(33-2)11-18(28)12-24(26)34-3/h4-6,11-13,17,19,32H,7-10,14-15H2,1-3H3/t19-/m0/s1. The first-order valence-corrected chi connectivity index (χ1v) is 12.6. The molecule has 0 spiro atoms. The van der Waals surface area contributed by atoms with Crippen molar-refractivity contribution >= 4 is 22.6 Å². The number of aromatic nitrogens is 2. The van der Waals surface area contributed by atoms with Gasteiger partial charge in [0.1, 0.15) is 35.5 Å². The second kappa shape index (κ2) is 11.0. The summed E-state index contributed by atoms with van der Waals surface area (Å²) in [6.45, 7) is 4.11. The highest BCUT2D eigenvalue weighted by molar-refractivity contribution is 6.30. The zero-order valence-electron chi connectivity index (χ0n) is 21.1. The lowest BCUT2D eigenvalue weighted by Crippen LogP contribution is -2.40. The van der Waals surface area contributed by atoms with E-state index in [9.17, 15) is 5.11 Å². The van der Waals surface area contributed by atoms with E-state index >= 15 is 0 Å². The molecule has 2 aromatic carbocycles. The van der Waals surface area contributed by atoms with Crippen molar-refractivity contribution in [3.63, 3.8) is 0 Å². The van der Waals surface area contributed by atoms with E-state index in [1.54, 1.807) is 21.1 Å². The lowest BCUT2D eigenvalue weighted by atomic mass is 9.88. The number of β-amino-alcohol motifs (C(OH)–C–C–N with tert-alkyl or cyclic N) is 1. The average molecular weight is 528 g/mol. The van der Waals surface area contributed by atoms with E-state index in [2.05, 4.69) is 15.1 Å². The maximum atomic E-state index is 10.7. The topological polar surface area (TPSA) is 103 Å². The van der Waals surface area contributed by atoms with Gasteiger partial charge in [0.2, 0.25) is 5.89 Å². The molecular weight excluding hydrogens is 498 g/mol. The van der Waals surface area contributed by atoms with E-state index in [1.807, 2.05) is 36.4 Å². The lowest BCUT2D eigenvalue weighted by Gasteiger charge is -2.34. The molecular formula is C27H30ClN3O6. The van der Waals surface area contributed by atoms with Crippen molar-refractivity contribution in [2.75, 3.05) is 40.5 Å². The number of aryl methyl sites for hydroxylation is 1. The number of hydrogen-bond acceptors (Lipinski definition) is 9. The summed E-state index contributed by atoms with van der Waals surface area (Å²) in [6.07, 6.45) is 1.21. The fourth-order valence-corrected chi connectivity index (χ4v) is 5.11. The van der Waals surface area contributed by atoms with E-state index in [4.69, 9.17) is 34.6 Å². The van der Waals surface area contributed by atoms with Gasteiger partial charge in [-0.1, -0.05) is 17.7 Å². The van der Waals surface area contributed by atoms with Crippen LogP contribution < -0.4 is 14.2 Å². The van der Waals surface area contributed by atoms with Crippen molar-refractivity contribution in [3.8, 4) is 28.9 Å². The minimum absolute atomic E-state index is 0.165. The molecule has 0 bridgehead atoms. The summed E-state index contributed by atoms with van der Waals surface area (Å²) < 4.78 is 28.5. The molecule has 0 amide bonds. The molecule has 37 heavy (non-hydrogen) atoms. The van der Waals surface area contributed by atoms with Gasteiger partial charge in [-0.2, -0.15) is 0 Å². The number of furan rings is 1. The van der Waals surface area contributed by atoms with Crippen LogP contribution in [0.5, 0.6) is 17.2 Å². The summed E-state index contributed by atoms with van der Waals surface area (Å²) in [4.78, 5) is 2.26. The minimum Gasteiger partial charge on any atom is -0.496 e. The molecule has 1 fully saturated rings. The SMILES string of the molecule is COc1cc(Cl)cc(OC)c1C1CCN(C[C@H](O)COc2cccc3oc(-c4nnc(C)o4)cc23)CC1. The van der Waals surface area contributed by atoms with Gasteiger partial charge in [0, 0.05) is 30.1 Å². The number of halogens is 1. The number of methoxy groups -OCH3 is 2. The first-order chi connectivity index (χ1) is 17.9. The van der Waals surface area contributed by atoms with Crippen LogP contribution >= 0.6 is 11.6 Å². The van der Waals surface area contributed by atoms with Crippen molar-refractivity contribution in [3.05, 3.63) is 52.9 Å². The van der Waals surface area contributed by atoms with E-state index < -0.39 is 6.10 Å². The number of likely N-dealkylation sites (tertiary alicyclic amines) is 1. The Morgan fingerprint density at radius 2 is 1.78 bits per heavy atom. The fourth-order valence-electron chi connectivity index (χ4n) is 4.91.